The molecule has 4 rings (SSSR count). The average Bonchev–Trinajstić information content (AvgIpc) is 3.07. The Balaban J connectivity index is 1.69. The van der Waals surface area contributed by atoms with Gasteiger partial charge in [0.2, 0.25) is 0 Å². The van der Waals surface area contributed by atoms with E-state index in [0.717, 1.165) is 12.0 Å². The third kappa shape index (κ3) is 2.37. The molecule has 2 saturated carbocycles. The van der Waals surface area contributed by atoms with E-state index in [1.165, 1.54) is 6.42 Å². The van der Waals surface area contributed by atoms with E-state index >= 15 is 0 Å². The quantitative estimate of drug-likeness (QED) is 0.468. The van der Waals surface area contributed by atoms with Crippen molar-refractivity contribution in [2.45, 2.75) is 77.2 Å². The van der Waals surface area contributed by atoms with E-state index in [0.29, 0.717) is 12.3 Å². The SMILES string of the molecule is CC(C)N1[C@@H]2[C@H]3CC[C@@](C)([C@@H]2O[P@@]1(=O)[C@H](Cl)Cc1ccccc1)C3(C)C. The number of fused-ring (bicyclic) bond motifs is 5. The van der Waals surface area contributed by atoms with E-state index < -0.39 is 12.6 Å². The molecule has 6 atom stereocenters. The first-order valence-electron chi connectivity index (χ1n) is 9.88. The second-order valence-corrected chi connectivity index (χ2v) is 12.7. The summed E-state index contributed by atoms with van der Waals surface area (Å²) < 4.78 is 22.8. The molecule has 26 heavy (non-hydrogen) atoms. The Hall–Kier alpha value is -0.340. The van der Waals surface area contributed by atoms with Crippen LogP contribution in [-0.4, -0.2) is 28.0 Å². The molecule has 2 bridgehead atoms. The van der Waals surface area contributed by atoms with Gasteiger partial charge in [0.05, 0.1) is 6.10 Å². The lowest BCUT2D eigenvalue weighted by atomic mass is 9.70. The molecule has 1 aliphatic heterocycles. The van der Waals surface area contributed by atoms with Gasteiger partial charge >= 0.3 is 0 Å². The number of rotatable bonds is 4. The second kappa shape index (κ2) is 6.08. The third-order valence-corrected chi connectivity index (χ3v) is 11.4. The Bertz CT molecular complexity index is 737. The van der Waals surface area contributed by atoms with Crippen LogP contribution in [0.4, 0.5) is 0 Å². The highest BCUT2D eigenvalue weighted by atomic mass is 35.5. The summed E-state index contributed by atoms with van der Waals surface area (Å²) in [5, 5.41) is -0.510. The standard InChI is InChI=1S/C21H31ClNO2P/c1-14(2)23-18-16-11-12-21(5,20(16,3)4)19(18)25-26(23,24)17(22)13-15-9-7-6-8-10-15/h6-10,14,16-19H,11-13H2,1-5H3/t16-,17+,18-,19-,21+,26+/m1/s1. The molecule has 5 heteroatoms. The van der Waals surface area contributed by atoms with Crippen LogP contribution in [0.15, 0.2) is 30.3 Å². The van der Waals surface area contributed by atoms with Gasteiger partial charge in [0.25, 0.3) is 7.52 Å². The van der Waals surface area contributed by atoms with Crippen molar-refractivity contribution in [2.75, 3.05) is 0 Å². The van der Waals surface area contributed by atoms with Crippen molar-refractivity contribution in [2.24, 2.45) is 16.7 Å². The zero-order valence-electron chi connectivity index (χ0n) is 16.5. The van der Waals surface area contributed by atoms with E-state index in [9.17, 15) is 4.57 Å². The second-order valence-electron chi connectivity index (χ2n) is 9.46. The van der Waals surface area contributed by atoms with Crippen molar-refractivity contribution >= 4 is 19.1 Å². The minimum absolute atomic E-state index is 0.0292. The summed E-state index contributed by atoms with van der Waals surface area (Å²) in [5.41, 5.74) is 1.40. The lowest BCUT2D eigenvalue weighted by molar-refractivity contribution is 0.0357. The predicted molar refractivity (Wildman–Crippen MR) is 108 cm³/mol. The molecule has 0 radical (unpaired) electrons. The van der Waals surface area contributed by atoms with Gasteiger partial charge in [0, 0.05) is 17.5 Å². The first kappa shape index (κ1) is 19.0. The molecule has 144 valence electrons. The summed E-state index contributed by atoms with van der Waals surface area (Å²) in [6.07, 6.45) is 2.96. The van der Waals surface area contributed by atoms with Gasteiger partial charge in [-0.1, -0.05) is 51.1 Å². The highest BCUT2D eigenvalue weighted by molar-refractivity contribution is 7.59. The molecule has 3 fully saturated rings. The van der Waals surface area contributed by atoms with Crippen LogP contribution in [0.1, 0.15) is 53.0 Å². The minimum atomic E-state index is -3.11. The molecule has 1 aromatic rings. The summed E-state index contributed by atoms with van der Waals surface area (Å²) in [5.74, 6) is 0.524. The largest absolute Gasteiger partial charge is 0.311 e. The fourth-order valence-electron chi connectivity index (χ4n) is 5.96. The van der Waals surface area contributed by atoms with Gasteiger partial charge in [-0.15, -0.1) is 11.6 Å². The number of hydrogen-bond acceptors (Lipinski definition) is 2. The molecular weight excluding hydrogens is 365 g/mol. The molecule has 3 nitrogen and oxygen atoms in total. The van der Waals surface area contributed by atoms with Gasteiger partial charge in [-0.2, -0.15) is 0 Å². The van der Waals surface area contributed by atoms with Crippen molar-refractivity contribution in [3.63, 3.8) is 0 Å². The van der Waals surface area contributed by atoms with Crippen molar-refractivity contribution in [3.05, 3.63) is 35.9 Å². The molecule has 1 saturated heterocycles. The Morgan fingerprint density at radius 2 is 1.92 bits per heavy atom. The maximum Gasteiger partial charge on any atom is 0.291 e. The summed E-state index contributed by atoms with van der Waals surface area (Å²) >= 11 is 6.82. The first-order valence-corrected chi connectivity index (χ1v) is 12.0. The number of halogens is 1. The molecule has 1 aromatic carbocycles. The van der Waals surface area contributed by atoms with E-state index in [4.69, 9.17) is 16.1 Å². The van der Waals surface area contributed by atoms with E-state index in [-0.39, 0.29) is 29.0 Å². The van der Waals surface area contributed by atoms with Crippen molar-refractivity contribution in [1.29, 1.82) is 0 Å². The highest BCUT2D eigenvalue weighted by Gasteiger charge is 2.74. The molecule has 0 aromatic heterocycles. The maximum atomic E-state index is 14.1. The monoisotopic (exact) mass is 395 g/mol. The van der Waals surface area contributed by atoms with Crippen LogP contribution in [0.5, 0.6) is 0 Å². The maximum absolute atomic E-state index is 14.1. The fourth-order valence-corrected chi connectivity index (χ4v) is 9.53. The van der Waals surface area contributed by atoms with E-state index in [2.05, 4.69) is 39.3 Å². The Morgan fingerprint density at radius 1 is 1.27 bits per heavy atom. The topological polar surface area (TPSA) is 29.5 Å². The van der Waals surface area contributed by atoms with Crippen LogP contribution in [0.2, 0.25) is 0 Å². The summed E-state index contributed by atoms with van der Waals surface area (Å²) in [4.78, 5) is 0. The van der Waals surface area contributed by atoms with Crippen molar-refractivity contribution < 1.29 is 9.09 Å². The minimum Gasteiger partial charge on any atom is -0.311 e. The number of hydrogen-bond donors (Lipinski definition) is 0. The zero-order chi connectivity index (χ0) is 18.9. The van der Waals surface area contributed by atoms with Crippen LogP contribution in [-0.2, 0) is 15.5 Å². The van der Waals surface area contributed by atoms with E-state index in [1.54, 1.807) is 0 Å². The smallest absolute Gasteiger partial charge is 0.291 e. The third-order valence-electron chi connectivity index (χ3n) is 7.75. The van der Waals surface area contributed by atoms with Gasteiger partial charge in [0.1, 0.15) is 5.12 Å². The average molecular weight is 396 g/mol. The first-order chi connectivity index (χ1) is 12.1. The van der Waals surface area contributed by atoms with Gasteiger partial charge in [-0.3, -0.25) is 4.57 Å². The highest BCUT2D eigenvalue weighted by Crippen LogP contribution is 2.77. The Labute approximate surface area is 162 Å². The summed E-state index contributed by atoms with van der Waals surface area (Å²) in [7, 11) is -3.11. The van der Waals surface area contributed by atoms with Crippen molar-refractivity contribution in [3.8, 4) is 0 Å². The van der Waals surface area contributed by atoms with Gasteiger partial charge in [0.15, 0.2) is 0 Å². The van der Waals surface area contributed by atoms with Crippen LogP contribution in [0.25, 0.3) is 0 Å². The van der Waals surface area contributed by atoms with Gasteiger partial charge in [-0.25, -0.2) is 4.67 Å². The molecular formula is C21H31ClNO2P. The summed E-state index contributed by atoms with van der Waals surface area (Å²) in [6.45, 7) is 11.3. The van der Waals surface area contributed by atoms with Crippen LogP contribution < -0.4 is 0 Å². The lowest BCUT2D eigenvalue weighted by Gasteiger charge is -2.39. The molecule has 3 aliphatic rings. The molecule has 0 amide bonds. The predicted octanol–water partition coefficient (Wildman–Crippen LogP) is 5.92. The molecule has 2 aliphatic carbocycles. The molecule has 0 unspecified atom stereocenters. The number of benzene rings is 1. The fraction of sp³-hybridized carbons (Fsp3) is 0.714. The summed E-state index contributed by atoms with van der Waals surface area (Å²) in [6, 6.07) is 10.5. The van der Waals surface area contributed by atoms with Gasteiger partial charge in [-0.05, 0) is 50.0 Å². The zero-order valence-corrected chi connectivity index (χ0v) is 18.1. The normalized spacial score (nSPS) is 42.3. The molecule has 0 spiro atoms. The van der Waals surface area contributed by atoms with E-state index in [1.807, 2.05) is 30.3 Å². The molecule has 0 N–H and O–H groups in total. The van der Waals surface area contributed by atoms with Crippen LogP contribution in [0.3, 0.4) is 0 Å². The Kier molecular flexibility index (Phi) is 4.44. The van der Waals surface area contributed by atoms with Gasteiger partial charge < -0.3 is 4.52 Å². The number of alkyl halides is 1. The lowest BCUT2D eigenvalue weighted by Crippen LogP contribution is -2.44. The number of nitrogens with zero attached hydrogens (tertiary/aromatic N) is 1. The Morgan fingerprint density at radius 3 is 2.54 bits per heavy atom. The van der Waals surface area contributed by atoms with Crippen LogP contribution in [0, 0.1) is 16.7 Å². The van der Waals surface area contributed by atoms with Crippen LogP contribution >= 0.6 is 19.1 Å². The van der Waals surface area contributed by atoms with Crippen molar-refractivity contribution in [1.82, 2.24) is 4.67 Å². The molecule has 1 heterocycles.